The summed E-state index contributed by atoms with van der Waals surface area (Å²) in [6.45, 7) is 0. The first kappa shape index (κ1) is 11.3. The predicted octanol–water partition coefficient (Wildman–Crippen LogP) is 2.81. The van der Waals surface area contributed by atoms with E-state index in [1.54, 1.807) is 6.07 Å². The van der Waals surface area contributed by atoms with E-state index < -0.39 is 0 Å². The largest absolute Gasteiger partial charge is 0.399 e. The normalized spacial score (nSPS) is 17.5. The second kappa shape index (κ2) is 4.46. The molecule has 0 saturated carbocycles. The zero-order chi connectivity index (χ0) is 12.5. The lowest BCUT2D eigenvalue weighted by atomic mass is 10.1. The van der Waals surface area contributed by atoms with E-state index in [4.69, 9.17) is 17.3 Å². The fourth-order valence-electron chi connectivity index (χ4n) is 2.36. The van der Waals surface area contributed by atoms with Crippen molar-refractivity contribution in [1.82, 2.24) is 10.2 Å². The monoisotopic (exact) mass is 260 g/mol. The number of aryl methyl sites for hydroxylation is 1. The minimum Gasteiger partial charge on any atom is -0.399 e. The van der Waals surface area contributed by atoms with Gasteiger partial charge in [-0.15, -0.1) is 10.2 Å². The maximum atomic E-state index is 5.79. The van der Waals surface area contributed by atoms with Gasteiger partial charge in [0, 0.05) is 5.69 Å². The summed E-state index contributed by atoms with van der Waals surface area (Å²) >= 11 is 5.71. The number of anilines is 2. The van der Waals surface area contributed by atoms with Crippen molar-refractivity contribution in [2.24, 2.45) is 0 Å². The van der Waals surface area contributed by atoms with Gasteiger partial charge >= 0.3 is 0 Å². The Labute approximate surface area is 110 Å². The number of nitrogens with zero attached hydrogens (tertiary/aromatic N) is 2. The number of aromatic nitrogens is 2. The molecule has 0 aliphatic heterocycles. The zero-order valence-electron chi connectivity index (χ0n) is 9.73. The van der Waals surface area contributed by atoms with E-state index in [-0.39, 0.29) is 6.04 Å². The number of nitrogens with two attached hydrogens (primary N) is 1. The second-order valence-corrected chi connectivity index (χ2v) is 4.82. The van der Waals surface area contributed by atoms with Gasteiger partial charge in [0.1, 0.15) is 5.82 Å². The molecule has 3 N–H and O–H groups in total. The van der Waals surface area contributed by atoms with Crippen molar-refractivity contribution in [2.75, 3.05) is 11.1 Å². The first-order chi connectivity index (χ1) is 8.72. The van der Waals surface area contributed by atoms with Gasteiger partial charge in [0.2, 0.25) is 0 Å². The summed E-state index contributed by atoms with van der Waals surface area (Å²) in [5.74, 6) is 0.745. The summed E-state index contributed by atoms with van der Waals surface area (Å²) in [6.07, 6.45) is 2.09. The van der Waals surface area contributed by atoms with Crippen LogP contribution in [-0.4, -0.2) is 10.2 Å². The molecule has 0 saturated heterocycles. The molecule has 1 atom stereocenters. The van der Waals surface area contributed by atoms with Crippen LogP contribution in [0.1, 0.15) is 23.6 Å². The summed E-state index contributed by atoms with van der Waals surface area (Å²) in [5, 5.41) is 11.6. The molecule has 5 heteroatoms. The van der Waals surface area contributed by atoms with E-state index in [9.17, 15) is 0 Å². The van der Waals surface area contributed by atoms with Crippen molar-refractivity contribution < 1.29 is 0 Å². The van der Waals surface area contributed by atoms with E-state index in [1.165, 1.54) is 11.1 Å². The number of hydrogen-bond acceptors (Lipinski definition) is 4. The Morgan fingerprint density at radius 3 is 2.89 bits per heavy atom. The average molecular weight is 261 g/mol. The lowest BCUT2D eigenvalue weighted by Gasteiger charge is -2.14. The molecule has 0 fully saturated rings. The highest BCUT2D eigenvalue weighted by atomic mass is 35.5. The van der Waals surface area contributed by atoms with Gasteiger partial charge in [0.15, 0.2) is 5.15 Å². The maximum absolute atomic E-state index is 5.79. The van der Waals surface area contributed by atoms with Crippen molar-refractivity contribution in [3.05, 3.63) is 46.6 Å². The molecular formula is C13H13ClN4. The molecule has 92 valence electrons. The fourth-order valence-corrected chi connectivity index (χ4v) is 2.46. The van der Waals surface area contributed by atoms with Gasteiger partial charge < -0.3 is 11.1 Å². The van der Waals surface area contributed by atoms with Gasteiger partial charge in [-0.3, -0.25) is 0 Å². The van der Waals surface area contributed by atoms with Crippen LogP contribution in [-0.2, 0) is 6.42 Å². The minimum absolute atomic E-state index is 0.274. The molecule has 1 heterocycles. The van der Waals surface area contributed by atoms with Crippen molar-refractivity contribution in [2.45, 2.75) is 18.9 Å². The summed E-state index contributed by atoms with van der Waals surface area (Å²) in [6, 6.07) is 9.91. The number of halogens is 1. The third-order valence-corrected chi connectivity index (χ3v) is 3.40. The van der Waals surface area contributed by atoms with Crippen molar-refractivity contribution in [3.63, 3.8) is 0 Å². The third-order valence-electron chi connectivity index (χ3n) is 3.20. The molecule has 1 aromatic heterocycles. The molecule has 4 nitrogen and oxygen atoms in total. The Morgan fingerprint density at radius 1 is 1.22 bits per heavy atom. The van der Waals surface area contributed by atoms with Crippen LogP contribution in [0.25, 0.3) is 0 Å². The van der Waals surface area contributed by atoms with E-state index in [0.29, 0.717) is 5.15 Å². The van der Waals surface area contributed by atoms with E-state index in [2.05, 4.69) is 21.6 Å². The Hall–Kier alpha value is -1.81. The van der Waals surface area contributed by atoms with Gasteiger partial charge in [0.25, 0.3) is 0 Å². The van der Waals surface area contributed by atoms with Crippen LogP contribution in [0.5, 0.6) is 0 Å². The molecule has 0 amide bonds. The number of rotatable bonds is 2. The lowest BCUT2D eigenvalue weighted by molar-refractivity contribution is 0.753. The summed E-state index contributed by atoms with van der Waals surface area (Å²) in [7, 11) is 0. The fraction of sp³-hybridized carbons (Fsp3) is 0.231. The van der Waals surface area contributed by atoms with Crippen LogP contribution in [0.2, 0.25) is 5.15 Å². The smallest absolute Gasteiger partial charge is 0.151 e. The highest BCUT2D eigenvalue weighted by Gasteiger charge is 2.22. The standard InChI is InChI=1S/C13H13ClN4/c14-12-5-6-13(18-17-12)16-11-4-1-8-7-9(15)2-3-10(8)11/h2-3,5-7,11H,1,4,15H2,(H,16,18). The Kier molecular flexibility index (Phi) is 2.80. The maximum Gasteiger partial charge on any atom is 0.151 e. The van der Waals surface area contributed by atoms with Crippen LogP contribution in [0.4, 0.5) is 11.5 Å². The van der Waals surface area contributed by atoms with Crippen molar-refractivity contribution >= 4 is 23.1 Å². The number of fused-ring (bicyclic) bond motifs is 1. The van der Waals surface area contributed by atoms with Crippen molar-refractivity contribution in [3.8, 4) is 0 Å². The lowest BCUT2D eigenvalue weighted by Crippen LogP contribution is -2.08. The number of nitrogens with one attached hydrogen (secondary N) is 1. The Morgan fingerprint density at radius 2 is 2.11 bits per heavy atom. The van der Waals surface area contributed by atoms with Crippen LogP contribution < -0.4 is 11.1 Å². The van der Waals surface area contributed by atoms with Gasteiger partial charge in [0.05, 0.1) is 6.04 Å². The van der Waals surface area contributed by atoms with Crippen LogP contribution in [0.15, 0.2) is 30.3 Å². The Balaban J connectivity index is 1.82. The van der Waals surface area contributed by atoms with Crippen LogP contribution >= 0.6 is 11.6 Å². The van der Waals surface area contributed by atoms with E-state index in [1.807, 2.05) is 18.2 Å². The number of benzene rings is 1. The van der Waals surface area contributed by atoms with Crippen LogP contribution in [0.3, 0.4) is 0 Å². The molecule has 1 aliphatic rings. The Bertz CT molecular complexity index is 568. The minimum atomic E-state index is 0.274. The highest BCUT2D eigenvalue weighted by Crippen LogP contribution is 2.34. The topological polar surface area (TPSA) is 63.8 Å². The SMILES string of the molecule is Nc1ccc2c(c1)CCC2Nc1ccc(Cl)nn1. The van der Waals surface area contributed by atoms with Crippen LogP contribution in [0, 0.1) is 0 Å². The molecular weight excluding hydrogens is 248 g/mol. The highest BCUT2D eigenvalue weighted by molar-refractivity contribution is 6.29. The van der Waals surface area contributed by atoms with Gasteiger partial charge in [-0.25, -0.2) is 0 Å². The average Bonchev–Trinajstić information content (AvgIpc) is 2.74. The molecule has 0 spiro atoms. The molecule has 1 unspecified atom stereocenters. The van der Waals surface area contributed by atoms with Gasteiger partial charge in [-0.2, -0.15) is 0 Å². The second-order valence-electron chi connectivity index (χ2n) is 4.44. The summed E-state index contributed by atoms with van der Waals surface area (Å²) in [4.78, 5) is 0. The number of nitrogen functional groups attached to an aromatic ring is 1. The molecule has 3 rings (SSSR count). The molecule has 0 bridgehead atoms. The molecule has 1 aliphatic carbocycles. The van der Waals surface area contributed by atoms with Gasteiger partial charge in [-0.05, 0) is 48.2 Å². The predicted molar refractivity (Wildman–Crippen MR) is 72.6 cm³/mol. The summed E-state index contributed by atoms with van der Waals surface area (Å²) < 4.78 is 0. The molecule has 18 heavy (non-hydrogen) atoms. The summed E-state index contributed by atoms with van der Waals surface area (Å²) in [5.41, 5.74) is 9.21. The number of hydrogen-bond donors (Lipinski definition) is 2. The van der Waals surface area contributed by atoms with E-state index in [0.717, 1.165) is 24.3 Å². The molecule has 1 aromatic carbocycles. The first-order valence-corrected chi connectivity index (χ1v) is 6.24. The zero-order valence-corrected chi connectivity index (χ0v) is 10.5. The quantitative estimate of drug-likeness (QED) is 0.815. The molecule has 0 radical (unpaired) electrons. The third kappa shape index (κ3) is 2.11. The van der Waals surface area contributed by atoms with Crippen molar-refractivity contribution in [1.29, 1.82) is 0 Å². The molecule has 2 aromatic rings. The van der Waals surface area contributed by atoms with E-state index >= 15 is 0 Å². The van der Waals surface area contributed by atoms with Gasteiger partial charge in [-0.1, -0.05) is 17.7 Å². The first-order valence-electron chi connectivity index (χ1n) is 5.86.